The molecule has 12 heteroatoms. The summed E-state index contributed by atoms with van der Waals surface area (Å²) >= 11 is 24.7. The third kappa shape index (κ3) is 8.22. The predicted molar refractivity (Wildman–Crippen MR) is 195 cm³/mol. The number of rotatable bonds is 5. The molecular formula is C38H36Cl4N2O6. The number of carbonyl (C=O) groups is 3. The molecule has 0 radical (unpaired) electrons. The lowest BCUT2D eigenvalue weighted by molar-refractivity contribution is -0.136. The molecule has 0 saturated carbocycles. The van der Waals surface area contributed by atoms with E-state index in [2.05, 4.69) is 4.74 Å². The molecule has 4 aromatic rings. The van der Waals surface area contributed by atoms with Crippen LogP contribution < -0.4 is 0 Å². The molecule has 8 nitrogen and oxygen atoms in total. The maximum atomic E-state index is 13.0. The van der Waals surface area contributed by atoms with Crippen LogP contribution >= 0.6 is 46.4 Å². The van der Waals surface area contributed by atoms with Gasteiger partial charge in [-0.3, -0.25) is 9.59 Å². The Morgan fingerprint density at radius 2 is 1.04 bits per heavy atom. The van der Waals surface area contributed by atoms with Gasteiger partial charge in [-0.05, 0) is 71.5 Å². The van der Waals surface area contributed by atoms with Gasteiger partial charge in [-0.25, -0.2) is 4.79 Å². The molecule has 6 rings (SSSR count). The topological polar surface area (TPSA) is 96.4 Å². The molecule has 0 unspecified atom stereocenters. The molecule has 4 atom stereocenters. The van der Waals surface area contributed by atoms with E-state index in [0.717, 1.165) is 22.3 Å². The predicted octanol–water partition coefficient (Wildman–Crippen LogP) is 9.14. The van der Waals surface area contributed by atoms with Crippen molar-refractivity contribution in [3.63, 3.8) is 0 Å². The van der Waals surface area contributed by atoms with Crippen LogP contribution in [0.2, 0.25) is 20.1 Å². The Hall–Kier alpha value is -3.79. The van der Waals surface area contributed by atoms with Crippen LogP contribution in [-0.2, 0) is 31.9 Å². The van der Waals surface area contributed by atoms with Gasteiger partial charge in [-0.15, -0.1) is 0 Å². The standard InChI is InChI=1S/C20H19Cl2NO4.C18H17Cl2NO2/c1-12-13-6-3-4-7-14(13)18(27-20(25)26-2)11-23(12)19(24)10-15-16(21)8-5-9-17(15)22;1-11-12-5-2-3-6-13(12)17(22)10-21(11)18(23)9-14-15(19)7-4-8-16(14)20/h3-9,12,18H,10-11H2,1-2H3;2-8,11,17,22H,9-10H2,1H3/t12-,18+;11-,17+/m00/s1. The molecular weight excluding hydrogens is 722 g/mol. The monoisotopic (exact) mass is 756 g/mol. The quantitative estimate of drug-likeness (QED) is 0.204. The summed E-state index contributed by atoms with van der Waals surface area (Å²) in [5.41, 5.74) is 4.87. The van der Waals surface area contributed by atoms with Gasteiger partial charge in [-0.1, -0.05) is 107 Å². The Balaban J connectivity index is 0.000000197. The van der Waals surface area contributed by atoms with E-state index >= 15 is 0 Å². The maximum absolute atomic E-state index is 13.0. The number of carbonyl (C=O) groups excluding carboxylic acids is 3. The number of ether oxygens (including phenoxy) is 2. The van der Waals surface area contributed by atoms with Crippen molar-refractivity contribution in [2.24, 2.45) is 0 Å². The molecule has 4 aromatic carbocycles. The van der Waals surface area contributed by atoms with E-state index in [9.17, 15) is 19.5 Å². The zero-order chi connectivity index (χ0) is 36.1. The lowest BCUT2D eigenvalue weighted by atomic mass is 9.91. The van der Waals surface area contributed by atoms with Crippen molar-refractivity contribution >= 4 is 64.4 Å². The minimum Gasteiger partial charge on any atom is -0.438 e. The zero-order valence-electron chi connectivity index (χ0n) is 27.6. The summed E-state index contributed by atoms with van der Waals surface area (Å²) in [6.45, 7) is 4.42. The van der Waals surface area contributed by atoms with E-state index < -0.39 is 18.4 Å². The summed E-state index contributed by atoms with van der Waals surface area (Å²) in [5, 5.41) is 12.2. The molecule has 1 N–H and O–H groups in total. The fraction of sp³-hybridized carbons (Fsp3) is 0.289. The van der Waals surface area contributed by atoms with Gasteiger partial charge in [0.1, 0.15) is 6.10 Å². The fourth-order valence-electron chi connectivity index (χ4n) is 6.40. The summed E-state index contributed by atoms with van der Waals surface area (Å²) in [4.78, 5) is 40.8. The number of β-amino-alcohol motifs (C(OH)–C–C–N with tert-alkyl or cyclic N) is 1. The summed E-state index contributed by atoms with van der Waals surface area (Å²) in [7, 11) is 1.25. The van der Waals surface area contributed by atoms with Crippen molar-refractivity contribution in [3.8, 4) is 0 Å². The first kappa shape index (κ1) is 37.5. The van der Waals surface area contributed by atoms with E-state index in [1.165, 1.54) is 7.11 Å². The van der Waals surface area contributed by atoms with Crippen LogP contribution in [0.3, 0.4) is 0 Å². The molecule has 50 heavy (non-hydrogen) atoms. The number of hydrogen-bond acceptors (Lipinski definition) is 6. The minimum absolute atomic E-state index is 0.0654. The number of halogens is 4. The van der Waals surface area contributed by atoms with Crippen LogP contribution in [0.5, 0.6) is 0 Å². The average Bonchev–Trinajstić information content (AvgIpc) is 3.11. The Labute approximate surface area is 311 Å². The zero-order valence-corrected chi connectivity index (χ0v) is 30.6. The van der Waals surface area contributed by atoms with E-state index in [1.54, 1.807) is 46.2 Å². The van der Waals surface area contributed by atoms with Gasteiger partial charge >= 0.3 is 6.16 Å². The Kier molecular flexibility index (Phi) is 12.4. The molecule has 0 fully saturated rings. The number of benzene rings is 4. The molecule has 2 aliphatic heterocycles. The third-order valence-electron chi connectivity index (χ3n) is 9.09. The number of fused-ring (bicyclic) bond motifs is 2. The summed E-state index contributed by atoms with van der Waals surface area (Å²) in [6, 6.07) is 25.3. The van der Waals surface area contributed by atoms with Gasteiger partial charge in [0.05, 0.1) is 51.2 Å². The summed E-state index contributed by atoms with van der Waals surface area (Å²) in [6.07, 6.45) is -1.87. The first-order valence-corrected chi connectivity index (χ1v) is 17.5. The number of methoxy groups -OCH3 is 1. The molecule has 0 saturated heterocycles. The van der Waals surface area contributed by atoms with Crippen LogP contribution in [0.4, 0.5) is 4.79 Å². The van der Waals surface area contributed by atoms with Crippen LogP contribution in [0.25, 0.3) is 0 Å². The van der Waals surface area contributed by atoms with Crippen molar-refractivity contribution in [1.82, 2.24) is 9.80 Å². The number of amides is 2. The fourth-order valence-corrected chi connectivity index (χ4v) is 7.46. The number of nitrogens with zero attached hydrogens (tertiary/aromatic N) is 2. The largest absolute Gasteiger partial charge is 0.508 e. The molecule has 2 heterocycles. The van der Waals surface area contributed by atoms with Crippen LogP contribution in [0.1, 0.15) is 71.5 Å². The average molecular weight is 759 g/mol. The van der Waals surface area contributed by atoms with Crippen molar-refractivity contribution in [3.05, 3.63) is 138 Å². The lowest BCUT2D eigenvalue weighted by Gasteiger charge is -2.39. The highest BCUT2D eigenvalue weighted by molar-refractivity contribution is 6.36. The lowest BCUT2D eigenvalue weighted by Crippen LogP contribution is -2.42. The molecule has 0 spiro atoms. The number of aliphatic hydroxyl groups excluding tert-OH is 1. The van der Waals surface area contributed by atoms with E-state index in [0.29, 0.717) is 31.2 Å². The van der Waals surface area contributed by atoms with Crippen LogP contribution in [0, 0.1) is 0 Å². The minimum atomic E-state index is -0.786. The Morgan fingerprint density at radius 3 is 1.50 bits per heavy atom. The highest BCUT2D eigenvalue weighted by Gasteiger charge is 2.36. The molecule has 2 amide bonds. The highest BCUT2D eigenvalue weighted by atomic mass is 35.5. The molecule has 0 bridgehead atoms. The first-order valence-electron chi connectivity index (χ1n) is 16.0. The Bertz CT molecular complexity index is 1850. The van der Waals surface area contributed by atoms with Crippen molar-refractivity contribution in [2.45, 2.75) is 51.0 Å². The van der Waals surface area contributed by atoms with Crippen molar-refractivity contribution in [1.29, 1.82) is 0 Å². The van der Waals surface area contributed by atoms with E-state index in [-0.39, 0.29) is 49.8 Å². The van der Waals surface area contributed by atoms with Crippen molar-refractivity contribution in [2.75, 3.05) is 20.2 Å². The first-order chi connectivity index (χ1) is 23.9. The third-order valence-corrected chi connectivity index (χ3v) is 10.5. The number of hydrogen-bond donors (Lipinski definition) is 1. The second-order valence-electron chi connectivity index (χ2n) is 12.0. The normalized spacial score (nSPS) is 19.4. The molecule has 2 aliphatic rings. The van der Waals surface area contributed by atoms with Crippen LogP contribution in [-0.4, -0.2) is 53.1 Å². The van der Waals surface area contributed by atoms with Gasteiger partial charge < -0.3 is 24.4 Å². The second-order valence-corrected chi connectivity index (χ2v) is 13.7. The van der Waals surface area contributed by atoms with Gasteiger partial charge in [0.25, 0.3) is 0 Å². The van der Waals surface area contributed by atoms with Gasteiger partial charge in [0.15, 0.2) is 0 Å². The van der Waals surface area contributed by atoms with Gasteiger partial charge in [0.2, 0.25) is 11.8 Å². The maximum Gasteiger partial charge on any atom is 0.508 e. The molecule has 0 aliphatic carbocycles. The SMILES string of the molecule is COC(=O)O[C@@H]1CN(C(=O)Cc2c(Cl)cccc2Cl)[C@@H](C)c2ccccc21.C[C@H]1c2ccccc2[C@H](O)CN1C(=O)Cc1c(Cl)cccc1Cl. The van der Waals surface area contributed by atoms with Crippen LogP contribution in [0.15, 0.2) is 84.9 Å². The van der Waals surface area contributed by atoms with E-state index in [4.69, 9.17) is 51.1 Å². The van der Waals surface area contributed by atoms with E-state index in [1.807, 2.05) is 62.4 Å². The number of aliphatic hydroxyl groups is 1. The summed E-state index contributed by atoms with van der Waals surface area (Å²) in [5.74, 6) is -0.244. The second kappa shape index (κ2) is 16.5. The molecule has 0 aromatic heterocycles. The summed E-state index contributed by atoms with van der Waals surface area (Å²) < 4.78 is 10.0. The van der Waals surface area contributed by atoms with Crippen molar-refractivity contribution < 1.29 is 29.0 Å². The smallest absolute Gasteiger partial charge is 0.438 e. The van der Waals surface area contributed by atoms with Gasteiger partial charge in [0, 0.05) is 20.1 Å². The molecule has 262 valence electrons. The van der Waals surface area contributed by atoms with Gasteiger partial charge in [-0.2, -0.15) is 0 Å². The Morgan fingerprint density at radius 1 is 0.640 bits per heavy atom. The highest BCUT2D eigenvalue weighted by Crippen LogP contribution is 2.38.